The topological polar surface area (TPSA) is 91.5 Å². The van der Waals surface area contributed by atoms with Gasteiger partial charge in [0.1, 0.15) is 5.15 Å². The Balaban J connectivity index is 1.72. The van der Waals surface area contributed by atoms with E-state index < -0.39 is 11.6 Å². The molecule has 1 amide bonds. The minimum Gasteiger partial charge on any atom is -0.465 e. The normalized spacial score (nSPS) is 15.1. The summed E-state index contributed by atoms with van der Waals surface area (Å²) in [7, 11) is 0. The van der Waals surface area contributed by atoms with Gasteiger partial charge in [0, 0.05) is 35.3 Å². The van der Waals surface area contributed by atoms with Crippen molar-refractivity contribution >= 4 is 29.1 Å². The summed E-state index contributed by atoms with van der Waals surface area (Å²) < 4.78 is 0. The van der Waals surface area contributed by atoms with Crippen LogP contribution in [0.2, 0.25) is 5.15 Å². The van der Waals surface area contributed by atoms with E-state index in [4.69, 9.17) is 17.3 Å². The summed E-state index contributed by atoms with van der Waals surface area (Å²) in [5.74, 6) is 0. The molecular formula is C21H27ClN4O2. The van der Waals surface area contributed by atoms with Gasteiger partial charge in [-0.05, 0) is 57.4 Å². The smallest absolute Gasteiger partial charge is 0.407 e. The Morgan fingerprint density at radius 3 is 2.50 bits per heavy atom. The van der Waals surface area contributed by atoms with Crippen molar-refractivity contribution in [2.24, 2.45) is 5.41 Å². The molecule has 0 radical (unpaired) electrons. The van der Waals surface area contributed by atoms with Gasteiger partial charge in [-0.1, -0.05) is 23.7 Å². The minimum atomic E-state index is -0.877. The highest BCUT2D eigenvalue weighted by molar-refractivity contribution is 6.32. The molecule has 1 heterocycles. The zero-order valence-electron chi connectivity index (χ0n) is 16.5. The molecular weight excluding hydrogens is 376 g/mol. The Kier molecular flexibility index (Phi) is 5.44. The Hall–Kier alpha value is -2.47. The molecule has 0 saturated heterocycles. The van der Waals surface area contributed by atoms with Crippen LogP contribution in [0.15, 0.2) is 36.5 Å². The van der Waals surface area contributed by atoms with Crippen molar-refractivity contribution in [1.82, 2.24) is 9.88 Å². The van der Waals surface area contributed by atoms with Crippen LogP contribution in [0.1, 0.15) is 33.6 Å². The van der Waals surface area contributed by atoms with Gasteiger partial charge in [0.15, 0.2) is 0 Å². The summed E-state index contributed by atoms with van der Waals surface area (Å²) in [5, 5.41) is 13.4. The van der Waals surface area contributed by atoms with Crippen LogP contribution in [-0.2, 0) is 0 Å². The summed E-state index contributed by atoms with van der Waals surface area (Å²) in [6, 6.07) is 9.46. The molecule has 1 aliphatic rings. The number of nitrogens with two attached hydrogens (primary N) is 1. The quantitative estimate of drug-likeness (QED) is 0.469. The molecule has 1 aromatic heterocycles. The fourth-order valence-corrected chi connectivity index (χ4v) is 3.41. The second kappa shape index (κ2) is 7.51. The maximum atomic E-state index is 11.7. The average Bonchev–Trinajstić information content (AvgIpc) is 3.39. The Labute approximate surface area is 170 Å². The molecule has 1 aliphatic carbocycles. The van der Waals surface area contributed by atoms with E-state index in [2.05, 4.69) is 10.3 Å². The van der Waals surface area contributed by atoms with E-state index in [0.29, 0.717) is 23.9 Å². The van der Waals surface area contributed by atoms with Crippen LogP contribution in [-0.4, -0.2) is 39.7 Å². The van der Waals surface area contributed by atoms with Gasteiger partial charge in [0.05, 0.1) is 11.9 Å². The number of carbonyl (C=O) groups is 1. The van der Waals surface area contributed by atoms with E-state index in [-0.39, 0.29) is 5.41 Å². The first kappa shape index (κ1) is 20.3. The molecule has 6 nitrogen and oxygen atoms in total. The van der Waals surface area contributed by atoms with Gasteiger partial charge in [-0.25, -0.2) is 9.78 Å². The Bertz CT molecular complexity index is 858. The van der Waals surface area contributed by atoms with Gasteiger partial charge < -0.3 is 21.1 Å². The van der Waals surface area contributed by atoms with Crippen molar-refractivity contribution in [3.8, 4) is 11.1 Å². The molecule has 28 heavy (non-hydrogen) atoms. The highest BCUT2D eigenvalue weighted by Gasteiger charge is 2.46. The maximum Gasteiger partial charge on any atom is 0.407 e. The van der Waals surface area contributed by atoms with Gasteiger partial charge in [-0.3, -0.25) is 0 Å². The zero-order chi connectivity index (χ0) is 20.5. The number of benzene rings is 1. The molecule has 0 atom stereocenters. The lowest BCUT2D eigenvalue weighted by Gasteiger charge is -2.36. The number of aromatic nitrogens is 1. The standard InChI is InChI=1S/C21H27ClN4O2/c1-20(2,3)26(19(27)28)13-21(8-9-21)12-25-16-10-17(18(22)24-11-16)14-4-6-15(23)7-5-14/h4-7,10-11,25H,8-9,12-13,23H2,1-3H3,(H,27,28). The van der Waals surface area contributed by atoms with Crippen LogP contribution in [0.25, 0.3) is 11.1 Å². The zero-order valence-corrected chi connectivity index (χ0v) is 17.3. The highest BCUT2D eigenvalue weighted by Crippen LogP contribution is 2.47. The number of nitrogen functional groups attached to an aromatic ring is 1. The number of halogens is 1. The number of rotatable bonds is 6. The number of pyridine rings is 1. The van der Waals surface area contributed by atoms with Gasteiger partial charge in [0.25, 0.3) is 0 Å². The molecule has 4 N–H and O–H groups in total. The van der Waals surface area contributed by atoms with E-state index in [1.54, 1.807) is 6.20 Å². The number of hydrogen-bond acceptors (Lipinski definition) is 4. The molecule has 0 aliphatic heterocycles. The number of hydrogen-bond donors (Lipinski definition) is 3. The fraction of sp³-hybridized carbons (Fsp3) is 0.429. The third kappa shape index (κ3) is 4.68. The van der Waals surface area contributed by atoms with Crippen LogP contribution in [0.3, 0.4) is 0 Å². The van der Waals surface area contributed by atoms with Crippen molar-refractivity contribution in [2.45, 2.75) is 39.2 Å². The first-order chi connectivity index (χ1) is 13.1. The predicted octanol–water partition coefficient (Wildman–Crippen LogP) is 4.95. The van der Waals surface area contributed by atoms with Crippen LogP contribution in [0.5, 0.6) is 0 Å². The monoisotopic (exact) mass is 402 g/mol. The number of anilines is 2. The van der Waals surface area contributed by atoms with Crippen molar-refractivity contribution in [3.63, 3.8) is 0 Å². The van der Waals surface area contributed by atoms with E-state index in [9.17, 15) is 9.90 Å². The van der Waals surface area contributed by atoms with Crippen LogP contribution < -0.4 is 11.1 Å². The SMILES string of the molecule is CC(C)(C)N(CC1(CNc2cnc(Cl)c(-c3ccc(N)cc3)c2)CC1)C(=O)O. The molecule has 0 unspecified atom stereocenters. The first-order valence-electron chi connectivity index (χ1n) is 9.36. The molecule has 150 valence electrons. The van der Waals surface area contributed by atoms with Crippen molar-refractivity contribution in [1.29, 1.82) is 0 Å². The number of nitrogens with zero attached hydrogens (tertiary/aromatic N) is 2. The molecule has 3 rings (SSSR count). The lowest BCUT2D eigenvalue weighted by molar-refractivity contribution is 0.0866. The summed E-state index contributed by atoms with van der Waals surface area (Å²) in [6.07, 6.45) is 2.84. The third-order valence-corrected chi connectivity index (χ3v) is 5.52. The third-order valence-electron chi connectivity index (χ3n) is 5.22. The van der Waals surface area contributed by atoms with E-state index >= 15 is 0 Å². The lowest BCUT2D eigenvalue weighted by atomic mass is 10.0. The number of nitrogens with one attached hydrogen (secondary N) is 1. The van der Waals surface area contributed by atoms with Gasteiger partial charge in [-0.2, -0.15) is 0 Å². The highest BCUT2D eigenvalue weighted by atomic mass is 35.5. The summed E-state index contributed by atoms with van der Waals surface area (Å²) in [5.41, 5.74) is 8.63. The average molecular weight is 403 g/mol. The molecule has 0 bridgehead atoms. The first-order valence-corrected chi connectivity index (χ1v) is 9.73. The summed E-state index contributed by atoms with van der Waals surface area (Å²) >= 11 is 6.28. The van der Waals surface area contributed by atoms with Crippen molar-refractivity contribution < 1.29 is 9.90 Å². The Morgan fingerprint density at radius 1 is 1.32 bits per heavy atom. The summed E-state index contributed by atoms with van der Waals surface area (Å²) in [4.78, 5) is 17.5. The molecule has 1 fully saturated rings. The lowest BCUT2D eigenvalue weighted by Crippen LogP contribution is -2.48. The van der Waals surface area contributed by atoms with E-state index in [1.165, 1.54) is 4.90 Å². The summed E-state index contributed by atoms with van der Waals surface area (Å²) in [6.45, 7) is 6.98. The molecule has 1 aromatic carbocycles. The molecule has 7 heteroatoms. The molecule has 2 aromatic rings. The molecule has 1 saturated carbocycles. The number of carboxylic acid groups (broad SMARTS) is 1. The Morgan fingerprint density at radius 2 is 1.96 bits per heavy atom. The minimum absolute atomic E-state index is 0.0351. The van der Waals surface area contributed by atoms with Crippen LogP contribution >= 0.6 is 11.6 Å². The predicted molar refractivity (Wildman–Crippen MR) is 114 cm³/mol. The maximum absolute atomic E-state index is 11.7. The fourth-order valence-electron chi connectivity index (χ4n) is 3.19. The van der Waals surface area contributed by atoms with Crippen molar-refractivity contribution in [3.05, 3.63) is 41.7 Å². The van der Waals surface area contributed by atoms with Crippen molar-refractivity contribution in [2.75, 3.05) is 24.1 Å². The van der Waals surface area contributed by atoms with Gasteiger partial charge in [-0.15, -0.1) is 0 Å². The largest absolute Gasteiger partial charge is 0.465 e. The van der Waals surface area contributed by atoms with Gasteiger partial charge >= 0.3 is 6.09 Å². The van der Waals surface area contributed by atoms with E-state index in [1.807, 2.05) is 51.1 Å². The second-order valence-corrected chi connectivity index (χ2v) is 8.94. The second-order valence-electron chi connectivity index (χ2n) is 8.58. The van der Waals surface area contributed by atoms with E-state index in [0.717, 1.165) is 29.7 Å². The number of amides is 1. The van der Waals surface area contributed by atoms with Gasteiger partial charge in [0.2, 0.25) is 0 Å². The molecule has 0 spiro atoms. The van der Waals surface area contributed by atoms with Crippen LogP contribution in [0, 0.1) is 5.41 Å². The van der Waals surface area contributed by atoms with Crippen LogP contribution in [0.4, 0.5) is 16.2 Å².